The van der Waals surface area contributed by atoms with Gasteiger partial charge in [-0.25, -0.2) is 0 Å². The number of aryl methyl sites for hydroxylation is 1. The van der Waals surface area contributed by atoms with E-state index in [1.165, 1.54) is 0 Å². The van der Waals surface area contributed by atoms with Gasteiger partial charge in [-0.05, 0) is 41.1 Å². The molecule has 0 aliphatic heterocycles. The van der Waals surface area contributed by atoms with Gasteiger partial charge >= 0.3 is 0 Å². The van der Waals surface area contributed by atoms with Gasteiger partial charge in [-0.2, -0.15) is 4.68 Å². The fourth-order valence-electron chi connectivity index (χ4n) is 1.97. The van der Waals surface area contributed by atoms with Crippen LogP contribution in [0.25, 0.3) is 17.1 Å². The summed E-state index contributed by atoms with van der Waals surface area (Å²) in [5.41, 5.74) is 3.08. The predicted molar refractivity (Wildman–Crippen MR) is 77.0 cm³/mol. The number of aromatic nitrogens is 4. The second-order valence-electron chi connectivity index (χ2n) is 4.27. The number of benzene rings is 2. The molecule has 0 aliphatic rings. The van der Waals surface area contributed by atoms with Gasteiger partial charge in [0.15, 0.2) is 5.82 Å². The topological polar surface area (TPSA) is 43.6 Å². The first-order chi connectivity index (χ1) is 9.24. The fourth-order valence-corrected chi connectivity index (χ4v) is 2.56. The molecule has 19 heavy (non-hydrogen) atoms. The minimum atomic E-state index is 0.734. The summed E-state index contributed by atoms with van der Waals surface area (Å²) < 4.78 is 2.75. The summed E-state index contributed by atoms with van der Waals surface area (Å²) in [6.45, 7) is 2.04. The van der Waals surface area contributed by atoms with E-state index in [0.717, 1.165) is 27.1 Å². The minimum absolute atomic E-state index is 0.734. The van der Waals surface area contributed by atoms with Gasteiger partial charge in [0, 0.05) is 10.0 Å². The summed E-state index contributed by atoms with van der Waals surface area (Å²) in [6.07, 6.45) is 0. The lowest BCUT2D eigenvalue weighted by Crippen LogP contribution is -2.00. The van der Waals surface area contributed by atoms with Gasteiger partial charge in [-0.1, -0.05) is 46.3 Å². The molecule has 94 valence electrons. The Labute approximate surface area is 119 Å². The standard InChI is InChI=1S/C14H11BrN4/c1-10-7-12(15)9-13(8-10)19-14(16-17-18-19)11-5-3-2-4-6-11/h2-9H,1H3. The van der Waals surface area contributed by atoms with Crippen LogP contribution >= 0.6 is 15.9 Å². The summed E-state index contributed by atoms with van der Waals surface area (Å²) in [4.78, 5) is 0. The largest absolute Gasteiger partial charge is 0.193 e. The van der Waals surface area contributed by atoms with Crippen molar-refractivity contribution >= 4 is 15.9 Å². The molecule has 0 unspecified atom stereocenters. The smallest absolute Gasteiger partial charge is 0.187 e. The minimum Gasteiger partial charge on any atom is -0.193 e. The highest BCUT2D eigenvalue weighted by Crippen LogP contribution is 2.22. The average molecular weight is 315 g/mol. The van der Waals surface area contributed by atoms with Crippen LogP contribution in [0.5, 0.6) is 0 Å². The molecule has 0 amide bonds. The van der Waals surface area contributed by atoms with E-state index in [9.17, 15) is 0 Å². The summed E-state index contributed by atoms with van der Waals surface area (Å²) in [7, 11) is 0. The Hall–Kier alpha value is -2.01. The van der Waals surface area contributed by atoms with Gasteiger partial charge in [0.1, 0.15) is 0 Å². The molecule has 0 fully saturated rings. The van der Waals surface area contributed by atoms with Crippen LogP contribution in [0.15, 0.2) is 53.0 Å². The second kappa shape index (κ2) is 4.93. The van der Waals surface area contributed by atoms with E-state index in [1.807, 2.05) is 49.4 Å². The van der Waals surface area contributed by atoms with Gasteiger partial charge in [0.25, 0.3) is 0 Å². The van der Waals surface area contributed by atoms with Gasteiger partial charge in [-0.15, -0.1) is 5.10 Å². The molecule has 0 atom stereocenters. The van der Waals surface area contributed by atoms with E-state index in [0.29, 0.717) is 0 Å². The van der Waals surface area contributed by atoms with Crippen LogP contribution in [0.4, 0.5) is 0 Å². The molecule has 1 heterocycles. The summed E-state index contributed by atoms with van der Waals surface area (Å²) in [6, 6.07) is 16.0. The quantitative estimate of drug-likeness (QED) is 0.728. The highest BCUT2D eigenvalue weighted by atomic mass is 79.9. The molecule has 5 heteroatoms. The third-order valence-corrected chi connectivity index (χ3v) is 3.23. The van der Waals surface area contributed by atoms with Crippen molar-refractivity contribution in [2.45, 2.75) is 6.92 Å². The summed E-state index contributed by atoms with van der Waals surface area (Å²) in [5.74, 6) is 0.734. The number of rotatable bonds is 2. The van der Waals surface area contributed by atoms with Crippen molar-refractivity contribution in [1.82, 2.24) is 20.2 Å². The zero-order valence-electron chi connectivity index (χ0n) is 10.3. The molecule has 3 rings (SSSR count). The Kier molecular flexibility index (Phi) is 3.13. The van der Waals surface area contributed by atoms with E-state index in [4.69, 9.17) is 0 Å². The van der Waals surface area contributed by atoms with E-state index in [2.05, 4.69) is 37.5 Å². The van der Waals surface area contributed by atoms with E-state index >= 15 is 0 Å². The lowest BCUT2D eigenvalue weighted by Gasteiger charge is -2.06. The number of tetrazole rings is 1. The molecule has 2 aromatic carbocycles. The first kappa shape index (κ1) is 12.0. The second-order valence-corrected chi connectivity index (χ2v) is 5.18. The molecule has 0 saturated heterocycles. The summed E-state index contributed by atoms with van der Waals surface area (Å²) >= 11 is 3.50. The van der Waals surface area contributed by atoms with Crippen LogP contribution in [0, 0.1) is 6.92 Å². The Balaban J connectivity index is 2.15. The maximum atomic E-state index is 4.11. The van der Waals surface area contributed by atoms with Crippen molar-refractivity contribution in [3.63, 3.8) is 0 Å². The lowest BCUT2D eigenvalue weighted by atomic mass is 10.2. The molecule has 1 aromatic heterocycles. The van der Waals surface area contributed by atoms with Crippen LogP contribution in [-0.2, 0) is 0 Å². The molecule has 0 radical (unpaired) electrons. The van der Waals surface area contributed by atoms with Crippen LogP contribution in [0.2, 0.25) is 0 Å². The maximum absolute atomic E-state index is 4.11. The first-order valence-electron chi connectivity index (χ1n) is 5.85. The normalized spacial score (nSPS) is 10.6. The summed E-state index contributed by atoms with van der Waals surface area (Å²) in [5, 5.41) is 12.0. The number of hydrogen-bond acceptors (Lipinski definition) is 3. The van der Waals surface area contributed by atoms with Gasteiger partial charge < -0.3 is 0 Å². The Bertz CT molecular complexity index is 686. The van der Waals surface area contributed by atoms with Crippen molar-refractivity contribution in [2.75, 3.05) is 0 Å². The van der Waals surface area contributed by atoms with Crippen molar-refractivity contribution in [3.05, 3.63) is 58.6 Å². The molecular weight excluding hydrogens is 304 g/mol. The molecule has 0 bridgehead atoms. The monoisotopic (exact) mass is 314 g/mol. The van der Waals surface area contributed by atoms with Gasteiger partial charge in [0.2, 0.25) is 0 Å². The van der Waals surface area contributed by atoms with Crippen LogP contribution in [0.1, 0.15) is 5.56 Å². The molecule has 0 saturated carbocycles. The van der Waals surface area contributed by atoms with Gasteiger partial charge in [-0.3, -0.25) is 0 Å². The van der Waals surface area contributed by atoms with E-state index in [-0.39, 0.29) is 0 Å². The maximum Gasteiger partial charge on any atom is 0.187 e. The fraction of sp³-hybridized carbons (Fsp3) is 0.0714. The van der Waals surface area contributed by atoms with Crippen LogP contribution < -0.4 is 0 Å². The van der Waals surface area contributed by atoms with Gasteiger partial charge in [0.05, 0.1) is 5.69 Å². The van der Waals surface area contributed by atoms with Crippen LogP contribution in [-0.4, -0.2) is 20.2 Å². The average Bonchev–Trinajstić information content (AvgIpc) is 2.88. The zero-order valence-corrected chi connectivity index (χ0v) is 11.9. The third-order valence-electron chi connectivity index (χ3n) is 2.77. The molecule has 0 N–H and O–H groups in total. The van der Waals surface area contributed by atoms with E-state index in [1.54, 1.807) is 4.68 Å². The molecule has 0 aliphatic carbocycles. The Morgan fingerprint density at radius 2 is 1.84 bits per heavy atom. The predicted octanol–water partition coefficient (Wildman–Crippen LogP) is 3.40. The molecular formula is C14H11BrN4. The third kappa shape index (κ3) is 2.42. The molecule has 0 spiro atoms. The number of halogens is 1. The SMILES string of the molecule is Cc1cc(Br)cc(-n2nnnc2-c2ccccc2)c1. The Morgan fingerprint density at radius 1 is 1.05 bits per heavy atom. The highest BCUT2D eigenvalue weighted by Gasteiger charge is 2.10. The Morgan fingerprint density at radius 3 is 2.58 bits per heavy atom. The first-order valence-corrected chi connectivity index (χ1v) is 6.65. The highest BCUT2D eigenvalue weighted by molar-refractivity contribution is 9.10. The van der Waals surface area contributed by atoms with Crippen molar-refractivity contribution in [3.8, 4) is 17.1 Å². The number of nitrogens with zero attached hydrogens (tertiary/aromatic N) is 4. The van der Waals surface area contributed by atoms with Crippen LogP contribution in [0.3, 0.4) is 0 Å². The zero-order chi connectivity index (χ0) is 13.2. The molecule has 3 aromatic rings. The van der Waals surface area contributed by atoms with Crippen molar-refractivity contribution in [1.29, 1.82) is 0 Å². The number of hydrogen-bond donors (Lipinski definition) is 0. The van der Waals surface area contributed by atoms with E-state index < -0.39 is 0 Å². The van der Waals surface area contributed by atoms with Crippen molar-refractivity contribution in [2.24, 2.45) is 0 Å². The lowest BCUT2D eigenvalue weighted by molar-refractivity contribution is 0.790. The molecule has 4 nitrogen and oxygen atoms in total. The van der Waals surface area contributed by atoms with Crippen molar-refractivity contribution < 1.29 is 0 Å².